The highest BCUT2D eigenvalue weighted by Crippen LogP contribution is 2.13. The summed E-state index contributed by atoms with van der Waals surface area (Å²) in [5.74, 6) is 0. The van der Waals surface area contributed by atoms with Gasteiger partial charge in [-0.3, -0.25) is 9.63 Å². The van der Waals surface area contributed by atoms with Crippen molar-refractivity contribution in [3.63, 3.8) is 0 Å². The summed E-state index contributed by atoms with van der Waals surface area (Å²) in [6, 6.07) is -0.428. The van der Waals surface area contributed by atoms with Gasteiger partial charge in [0.05, 0.1) is 24.9 Å². The summed E-state index contributed by atoms with van der Waals surface area (Å²) >= 11 is 0. The zero-order chi connectivity index (χ0) is 24.6. The molecule has 33 heavy (non-hydrogen) atoms. The van der Waals surface area contributed by atoms with E-state index in [0.29, 0.717) is 13.0 Å². The van der Waals surface area contributed by atoms with E-state index in [9.17, 15) is 15.0 Å². The van der Waals surface area contributed by atoms with Gasteiger partial charge in [-0.05, 0) is 26.8 Å². The van der Waals surface area contributed by atoms with Gasteiger partial charge in [-0.15, -0.1) is 0 Å². The maximum Gasteiger partial charge on any atom is 0.230 e. The summed E-state index contributed by atoms with van der Waals surface area (Å²) in [5, 5.41) is 26.5. The molecule has 0 saturated carbocycles. The minimum atomic E-state index is -0.636. The van der Waals surface area contributed by atoms with Gasteiger partial charge in [-0.1, -0.05) is 96.8 Å². The minimum absolute atomic E-state index is 0.100. The van der Waals surface area contributed by atoms with Crippen molar-refractivity contribution in [2.75, 3.05) is 19.7 Å². The van der Waals surface area contributed by atoms with Crippen LogP contribution in [0.4, 0.5) is 0 Å². The number of hydroxylamine groups is 1. The molecule has 7 heteroatoms. The van der Waals surface area contributed by atoms with Gasteiger partial charge < -0.3 is 20.8 Å². The highest BCUT2D eigenvalue weighted by atomic mass is 16.6. The molecule has 4 unspecified atom stereocenters. The van der Waals surface area contributed by atoms with Gasteiger partial charge in [0.2, 0.25) is 6.41 Å². The Morgan fingerprint density at radius 3 is 1.58 bits per heavy atom. The molecule has 0 fully saturated rings. The van der Waals surface area contributed by atoms with Crippen LogP contribution in [0.1, 0.15) is 117 Å². The molecule has 7 nitrogen and oxygen atoms in total. The molecule has 0 spiro atoms. The molecule has 0 aromatic heterocycles. The molecule has 0 aliphatic rings. The second-order valence-corrected chi connectivity index (χ2v) is 9.55. The van der Waals surface area contributed by atoms with Gasteiger partial charge in [0.1, 0.15) is 0 Å². The fourth-order valence-corrected chi connectivity index (χ4v) is 4.02. The van der Waals surface area contributed by atoms with Crippen molar-refractivity contribution in [3.05, 3.63) is 0 Å². The van der Waals surface area contributed by atoms with Crippen molar-refractivity contribution >= 4 is 6.41 Å². The van der Waals surface area contributed by atoms with Crippen LogP contribution in [0.5, 0.6) is 0 Å². The van der Waals surface area contributed by atoms with Crippen molar-refractivity contribution in [1.82, 2.24) is 16.1 Å². The first-order chi connectivity index (χ1) is 16.0. The van der Waals surface area contributed by atoms with Crippen molar-refractivity contribution in [2.45, 2.75) is 141 Å². The Labute approximate surface area is 203 Å². The molecular formula is C26H55N3O4. The molecule has 0 bridgehead atoms. The van der Waals surface area contributed by atoms with Crippen LogP contribution >= 0.6 is 0 Å². The normalized spacial score (nSPS) is 15.2. The minimum Gasteiger partial charge on any atom is -0.392 e. The lowest BCUT2D eigenvalue weighted by atomic mass is 10.0. The van der Waals surface area contributed by atoms with Crippen LogP contribution in [0, 0.1) is 0 Å². The van der Waals surface area contributed by atoms with Crippen LogP contribution in [0.3, 0.4) is 0 Å². The van der Waals surface area contributed by atoms with E-state index in [1.165, 1.54) is 89.9 Å². The molecule has 0 heterocycles. The number of nitrogens with one attached hydrogen (secondary N) is 3. The third kappa shape index (κ3) is 21.5. The maximum atomic E-state index is 10.3. The van der Waals surface area contributed by atoms with E-state index in [1.807, 2.05) is 0 Å². The Balaban J connectivity index is 3.64. The number of amides is 1. The topological polar surface area (TPSA) is 103 Å². The quantitative estimate of drug-likeness (QED) is 0.0732. The van der Waals surface area contributed by atoms with Gasteiger partial charge in [0.15, 0.2) is 0 Å². The molecule has 1 amide bonds. The van der Waals surface area contributed by atoms with Crippen LogP contribution in [0.25, 0.3) is 0 Å². The third-order valence-electron chi connectivity index (χ3n) is 6.35. The lowest BCUT2D eigenvalue weighted by Crippen LogP contribution is -2.52. The van der Waals surface area contributed by atoms with E-state index >= 15 is 0 Å². The van der Waals surface area contributed by atoms with Gasteiger partial charge in [-0.2, -0.15) is 0 Å². The first-order valence-electron chi connectivity index (χ1n) is 13.7. The SMILES string of the molecule is CCCCCCCCCCCCCCCCCNC(CNC(CONC=O)C(C)O)C(C)O. The number of hydrogen-bond donors (Lipinski definition) is 5. The Morgan fingerprint density at radius 1 is 0.697 bits per heavy atom. The predicted octanol–water partition coefficient (Wildman–Crippen LogP) is 4.21. The van der Waals surface area contributed by atoms with Crippen LogP contribution in [-0.2, 0) is 9.63 Å². The fraction of sp³-hybridized carbons (Fsp3) is 0.962. The van der Waals surface area contributed by atoms with Crippen LogP contribution in [0.15, 0.2) is 0 Å². The smallest absolute Gasteiger partial charge is 0.230 e. The molecule has 0 aromatic carbocycles. The summed E-state index contributed by atoms with van der Waals surface area (Å²) in [7, 11) is 0. The summed E-state index contributed by atoms with van der Waals surface area (Å²) in [6.07, 6.45) is 19.6. The molecule has 0 rings (SSSR count). The van der Waals surface area contributed by atoms with E-state index in [0.717, 1.165) is 13.0 Å². The highest BCUT2D eigenvalue weighted by Gasteiger charge is 2.19. The van der Waals surface area contributed by atoms with Crippen LogP contribution in [0.2, 0.25) is 0 Å². The van der Waals surface area contributed by atoms with Gasteiger partial charge >= 0.3 is 0 Å². The zero-order valence-corrected chi connectivity index (χ0v) is 21.8. The first kappa shape index (κ1) is 32.3. The molecule has 0 saturated heterocycles. The maximum absolute atomic E-state index is 10.3. The van der Waals surface area contributed by atoms with Crippen molar-refractivity contribution < 1.29 is 19.8 Å². The Bertz CT molecular complexity index is 411. The lowest BCUT2D eigenvalue weighted by Gasteiger charge is -2.27. The Hall–Kier alpha value is -0.730. The van der Waals surface area contributed by atoms with Gasteiger partial charge in [-0.25, -0.2) is 5.48 Å². The number of carbonyl (C=O) groups is 1. The molecule has 4 atom stereocenters. The summed E-state index contributed by atoms with van der Waals surface area (Å²) in [4.78, 5) is 15.2. The number of rotatable bonds is 26. The molecule has 198 valence electrons. The number of aliphatic hydroxyl groups is 2. The van der Waals surface area contributed by atoms with E-state index in [4.69, 9.17) is 4.84 Å². The molecule has 5 N–H and O–H groups in total. The fourth-order valence-electron chi connectivity index (χ4n) is 4.02. The zero-order valence-electron chi connectivity index (χ0n) is 21.8. The third-order valence-corrected chi connectivity index (χ3v) is 6.35. The number of aliphatic hydroxyl groups excluding tert-OH is 2. The summed E-state index contributed by atoms with van der Waals surface area (Å²) < 4.78 is 0. The molecule has 0 aliphatic heterocycles. The molecular weight excluding hydrogens is 418 g/mol. The summed E-state index contributed by atoms with van der Waals surface area (Å²) in [6.45, 7) is 7.25. The van der Waals surface area contributed by atoms with Crippen LogP contribution < -0.4 is 16.1 Å². The molecule has 0 aromatic rings. The Kier molecular flexibility index (Phi) is 23.9. The highest BCUT2D eigenvalue weighted by molar-refractivity contribution is 5.43. The summed E-state index contributed by atoms with van der Waals surface area (Å²) in [5.41, 5.74) is 2.13. The van der Waals surface area contributed by atoms with Gasteiger partial charge in [0.25, 0.3) is 0 Å². The predicted molar refractivity (Wildman–Crippen MR) is 137 cm³/mol. The van der Waals surface area contributed by atoms with Crippen LogP contribution in [-0.4, -0.2) is 60.6 Å². The van der Waals surface area contributed by atoms with Crippen molar-refractivity contribution in [1.29, 1.82) is 0 Å². The number of unbranched alkanes of at least 4 members (excludes halogenated alkanes) is 14. The van der Waals surface area contributed by atoms with E-state index in [2.05, 4.69) is 23.0 Å². The Morgan fingerprint density at radius 2 is 1.15 bits per heavy atom. The average Bonchev–Trinajstić information content (AvgIpc) is 2.79. The standard InChI is InChI=1S/C26H55N3O4/c1-4-5-6-7-8-9-10-11-12-13-14-15-16-17-18-19-27-25(23(2)31)20-28-26(24(3)32)21-33-29-22-30/h22-28,31-32H,4-21H2,1-3H3,(H,29,30). The second kappa shape index (κ2) is 24.4. The molecule has 0 radical (unpaired) electrons. The number of hydrogen-bond acceptors (Lipinski definition) is 6. The van der Waals surface area contributed by atoms with Crippen molar-refractivity contribution in [3.8, 4) is 0 Å². The average molecular weight is 474 g/mol. The van der Waals surface area contributed by atoms with E-state index < -0.39 is 12.2 Å². The largest absolute Gasteiger partial charge is 0.392 e. The lowest BCUT2D eigenvalue weighted by molar-refractivity contribution is -0.122. The van der Waals surface area contributed by atoms with E-state index in [-0.39, 0.29) is 18.7 Å². The number of carbonyl (C=O) groups excluding carboxylic acids is 1. The molecule has 0 aliphatic carbocycles. The van der Waals surface area contributed by atoms with E-state index in [1.54, 1.807) is 13.8 Å². The van der Waals surface area contributed by atoms with Gasteiger partial charge in [0, 0.05) is 12.6 Å². The van der Waals surface area contributed by atoms with Crippen molar-refractivity contribution in [2.24, 2.45) is 0 Å². The second-order valence-electron chi connectivity index (χ2n) is 9.55. The monoisotopic (exact) mass is 473 g/mol. The first-order valence-corrected chi connectivity index (χ1v) is 13.7.